The van der Waals surface area contributed by atoms with Gasteiger partial charge in [-0.1, -0.05) is 6.92 Å². The lowest BCUT2D eigenvalue weighted by molar-refractivity contribution is -0.117. The van der Waals surface area contributed by atoms with Gasteiger partial charge in [-0.05, 0) is 49.8 Å². The molecule has 2 amide bonds. The summed E-state index contributed by atoms with van der Waals surface area (Å²) in [5.74, 6) is 1.36. The first-order valence-electron chi connectivity index (χ1n) is 8.19. The highest BCUT2D eigenvalue weighted by Crippen LogP contribution is 2.28. The van der Waals surface area contributed by atoms with Gasteiger partial charge < -0.3 is 13.9 Å². The quantitative estimate of drug-likeness (QED) is 0.587. The lowest BCUT2D eigenvalue weighted by Gasteiger charge is -2.11. The molecule has 0 atom stereocenters. The molecule has 2 rings (SSSR count). The van der Waals surface area contributed by atoms with Gasteiger partial charge in [-0.15, -0.1) is 0 Å². The van der Waals surface area contributed by atoms with Crippen molar-refractivity contribution >= 4 is 17.9 Å². The summed E-state index contributed by atoms with van der Waals surface area (Å²) < 4.78 is 16.1. The lowest BCUT2D eigenvalue weighted by Crippen LogP contribution is -2.40. The van der Waals surface area contributed by atoms with Gasteiger partial charge in [0.05, 0.1) is 13.7 Å². The Bertz CT molecular complexity index is 795. The molecular formula is C19H22N2O5. The number of amides is 2. The Hall–Kier alpha value is -3.22. The summed E-state index contributed by atoms with van der Waals surface area (Å²) in [6.07, 6.45) is 3.64. The largest absolute Gasteiger partial charge is 0.493 e. The molecule has 1 aromatic heterocycles. The van der Waals surface area contributed by atoms with Crippen molar-refractivity contribution in [3.05, 3.63) is 53.5 Å². The molecule has 7 nitrogen and oxygen atoms in total. The van der Waals surface area contributed by atoms with E-state index in [1.54, 1.807) is 30.3 Å². The van der Waals surface area contributed by atoms with Crippen LogP contribution < -0.4 is 20.3 Å². The number of carbonyl (C=O) groups excluding carboxylic acids is 2. The van der Waals surface area contributed by atoms with Crippen LogP contribution in [0.4, 0.5) is 0 Å². The monoisotopic (exact) mass is 358 g/mol. The van der Waals surface area contributed by atoms with Crippen LogP contribution >= 0.6 is 0 Å². The van der Waals surface area contributed by atoms with Gasteiger partial charge in [-0.25, -0.2) is 0 Å². The van der Waals surface area contributed by atoms with Gasteiger partial charge in [0.1, 0.15) is 11.5 Å². The number of carbonyl (C=O) groups is 2. The molecule has 1 heterocycles. The minimum atomic E-state index is -0.484. The molecule has 0 aliphatic carbocycles. The van der Waals surface area contributed by atoms with Crippen LogP contribution in [0.15, 0.2) is 40.8 Å². The number of hydrazine groups is 1. The van der Waals surface area contributed by atoms with Crippen molar-refractivity contribution in [2.45, 2.75) is 20.3 Å². The average Bonchev–Trinajstić information content (AvgIpc) is 3.07. The number of rotatable bonds is 7. The van der Waals surface area contributed by atoms with E-state index in [1.165, 1.54) is 19.3 Å². The maximum Gasteiger partial charge on any atom is 0.269 e. The Morgan fingerprint density at radius 3 is 2.62 bits per heavy atom. The van der Waals surface area contributed by atoms with E-state index in [2.05, 4.69) is 10.9 Å². The summed E-state index contributed by atoms with van der Waals surface area (Å²) in [6.45, 7) is 4.36. The molecule has 2 N–H and O–H groups in total. The molecule has 0 saturated carbocycles. The van der Waals surface area contributed by atoms with E-state index in [4.69, 9.17) is 13.9 Å². The van der Waals surface area contributed by atoms with Crippen molar-refractivity contribution in [1.82, 2.24) is 10.9 Å². The van der Waals surface area contributed by atoms with Crippen LogP contribution in [0.25, 0.3) is 6.08 Å². The molecule has 0 aliphatic rings. The van der Waals surface area contributed by atoms with Crippen LogP contribution in [0.5, 0.6) is 11.5 Å². The lowest BCUT2D eigenvalue weighted by atomic mass is 10.2. The SMILES string of the molecule is CCCOc1ccc(C(=O)NNC(=O)/C=C/c2ccc(C)o2)cc1OC. The second-order valence-corrected chi connectivity index (χ2v) is 5.44. The molecule has 2 aromatic rings. The van der Waals surface area contributed by atoms with E-state index < -0.39 is 11.8 Å². The second kappa shape index (κ2) is 9.31. The number of aryl methyl sites for hydroxylation is 1. The fourth-order valence-electron chi connectivity index (χ4n) is 2.07. The van der Waals surface area contributed by atoms with Gasteiger partial charge in [0.25, 0.3) is 11.8 Å². The minimum Gasteiger partial charge on any atom is -0.493 e. The number of nitrogens with one attached hydrogen (secondary N) is 2. The smallest absolute Gasteiger partial charge is 0.269 e. The molecule has 0 saturated heterocycles. The topological polar surface area (TPSA) is 89.8 Å². The zero-order chi connectivity index (χ0) is 18.9. The Kier molecular flexibility index (Phi) is 6.84. The summed E-state index contributed by atoms with van der Waals surface area (Å²) >= 11 is 0. The van der Waals surface area contributed by atoms with E-state index in [0.29, 0.717) is 29.4 Å². The van der Waals surface area contributed by atoms with Crippen molar-refractivity contribution < 1.29 is 23.5 Å². The Morgan fingerprint density at radius 2 is 1.96 bits per heavy atom. The number of furan rings is 1. The van der Waals surface area contributed by atoms with Crippen molar-refractivity contribution in [3.63, 3.8) is 0 Å². The van der Waals surface area contributed by atoms with Crippen LogP contribution in [0.3, 0.4) is 0 Å². The molecule has 26 heavy (non-hydrogen) atoms. The first kappa shape index (κ1) is 19.1. The predicted octanol–water partition coefficient (Wildman–Crippen LogP) is 2.86. The minimum absolute atomic E-state index is 0.330. The number of benzene rings is 1. The van der Waals surface area contributed by atoms with Gasteiger partial charge in [0.15, 0.2) is 11.5 Å². The van der Waals surface area contributed by atoms with Crippen molar-refractivity contribution in [2.24, 2.45) is 0 Å². The fraction of sp³-hybridized carbons (Fsp3) is 0.263. The standard InChI is InChI=1S/C19H22N2O5/c1-4-11-25-16-9-6-14(12-17(16)24-3)19(23)21-20-18(22)10-8-15-7-5-13(2)26-15/h5-10,12H,4,11H2,1-3H3,(H,20,22)(H,21,23)/b10-8+. The van der Waals surface area contributed by atoms with Gasteiger partial charge in [0, 0.05) is 11.6 Å². The van der Waals surface area contributed by atoms with Crippen molar-refractivity contribution in [1.29, 1.82) is 0 Å². The molecule has 7 heteroatoms. The van der Waals surface area contributed by atoms with Gasteiger partial charge in [-0.2, -0.15) is 0 Å². The van der Waals surface area contributed by atoms with Crippen LogP contribution in [0, 0.1) is 6.92 Å². The molecule has 0 fully saturated rings. The molecule has 1 aromatic carbocycles. The van der Waals surface area contributed by atoms with Crippen LogP contribution in [-0.2, 0) is 4.79 Å². The Balaban J connectivity index is 1.92. The molecule has 0 aliphatic heterocycles. The van der Waals surface area contributed by atoms with Crippen molar-refractivity contribution in [2.75, 3.05) is 13.7 Å². The zero-order valence-corrected chi connectivity index (χ0v) is 15.0. The molecule has 0 spiro atoms. The predicted molar refractivity (Wildman–Crippen MR) is 96.9 cm³/mol. The number of hydrogen-bond acceptors (Lipinski definition) is 5. The van der Waals surface area contributed by atoms with Crippen LogP contribution in [0.2, 0.25) is 0 Å². The average molecular weight is 358 g/mol. The van der Waals surface area contributed by atoms with E-state index in [0.717, 1.165) is 12.2 Å². The maximum atomic E-state index is 12.2. The fourth-order valence-corrected chi connectivity index (χ4v) is 2.07. The third-order valence-corrected chi connectivity index (χ3v) is 3.35. The third-order valence-electron chi connectivity index (χ3n) is 3.35. The third kappa shape index (κ3) is 5.41. The highest BCUT2D eigenvalue weighted by atomic mass is 16.5. The zero-order valence-electron chi connectivity index (χ0n) is 15.0. The van der Waals surface area contributed by atoms with Crippen LogP contribution in [0.1, 0.15) is 35.2 Å². The second-order valence-electron chi connectivity index (χ2n) is 5.44. The summed E-state index contributed by atoms with van der Waals surface area (Å²) in [4.78, 5) is 23.9. The normalized spacial score (nSPS) is 10.6. The van der Waals surface area contributed by atoms with E-state index in [-0.39, 0.29) is 0 Å². The molecule has 138 valence electrons. The first-order valence-corrected chi connectivity index (χ1v) is 8.19. The van der Waals surface area contributed by atoms with E-state index in [1.807, 2.05) is 13.8 Å². The summed E-state index contributed by atoms with van der Waals surface area (Å²) in [5, 5.41) is 0. The molecule has 0 radical (unpaired) electrons. The summed E-state index contributed by atoms with van der Waals surface area (Å²) in [5.41, 5.74) is 4.97. The highest BCUT2D eigenvalue weighted by molar-refractivity contribution is 5.98. The first-order chi connectivity index (χ1) is 12.5. The Labute approximate surface area is 151 Å². The van der Waals surface area contributed by atoms with Gasteiger partial charge >= 0.3 is 0 Å². The number of hydrogen-bond donors (Lipinski definition) is 2. The maximum absolute atomic E-state index is 12.2. The van der Waals surface area contributed by atoms with Crippen LogP contribution in [-0.4, -0.2) is 25.5 Å². The number of methoxy groups -OCH3 is 1. The summed E-state index contributed by atoms with van der Waals surface area (Å²) in [7, 11) is 1.50. The molecule has 0 bridgehead atoms. The summed E-state index contributed by atoms with van der Waals surface area (Å²) in [6, 6.07) is 8.33. The molecular weight excluding hydrogens is 336 g/mol. The number of ether oxygens (including phenoxy) is 2. The Morgan fingerprint density at radius 1 is 1.15 bits per heavy atom. The highest BCUT2D eigenvalue weighted by Gasteiger charge is 2.11. The van der Waals surface area contributed by atoms with Gasteiger partial charge in [-0.3, -0.25) is 20.4 Å². The molecule has 0 unspecified atom stereocenters. The van der Waals surface area contributed by atoms with Crippen molar-refractivity contribution in [3.8, 4) is 11.5 Å². The van der Waals surface area contributed by atoms with E-state index >= 15 is 0 Å². The van der Waals surface area contributed by atoms with Gasteiger partial charge in [0.2, 0.25) is 0 Å². The van der Waals surface area contributed by atoms with E-state index in [9.17, 15) is 9.59 Å².